The van der Waals surface area contributed by atoms with Crippen molar-refractivity contribution in [3.05, 3.63) is 63.6 Å². The number of benzene rings is 2. The zero-order chi connectivity index (χ0) is 23.3. The highest BCUT2D eigenvalue weighted by molar-refractivity contribution is 7.89. The van der Waals surface area contributed by atoms with Gasteiger partial charge in [-0.1, -0.05) is 41.4 Å². The van der Waals surface area contributed by atoms with Crippen molar-refractivity contribution in [1.29, 1.82) is 5.26 Å². The third-order valence-electron chi connectivity index (χ3n) is 5.44. The standard InChI is InChI=1S/C22H24Cl2N4O3S/c1-26(32(30,31)20-5-2-4-19(23)21(20)24)14-15-28-12-3-11-27(22(28)29)13-10-17-6-8-18(16-25)9-7-17/h2,4-9H,3,10-15H2,1H3. The Labute approximate surface area is 198 Å². The Morgan fingerprint density at radius 3 is 2.38 bits per heavy atom. The van der Waals surface area contributed by atoms with Gasteiger partial charge in [0.1, 0.15) is 4.90 Å². The molecular formula is C22H24Cl2N4O3S. The summed E-state index contributed by atoms with van der Waals surface area (Å²) in [6.45, 7) is 2.23. The van der Waals surface area contributed by atoms with Crippen molar-refractivity contribution in [2.75, 3.05) is 39.8 Å². The van der Waals surface area contributed by atoms with Crippen molar-refractivity contribution in [3.8, 4) is 6.07 Å². The summed E-state index contributed by atoms with van der Waals surface area (Å²) in [6, 6.07) is 13.8. The lowest BCUT2D eigenvalue weighted by atomic mass is 10.1. The molecule has 1 heterocycles. The van der Waals surface area contributed by atoms with Crippen molar-refractivity contribution in [1.82, 2.24) is 14.1 Å². The maximum absolute atomic E-state index is 12.9. The monoisotopic (exact) mass is 494 g/mol. The Morgan fingerprint density at radius 1 is 1.06 bits per heavy atom. The number of carbonyl (C=O) groups excluding carboxylic acids is 1. The van der Waals surface area contributed by atoms with Crippen LogP contribution in [0.3, 0.4) is 0 Å². The zero-order valence-corrected chi connectivity index (χ0v) is 20.0. The second-order valence-corrected chi connectivity index (χ2v) is 10.3. The second-order valence-electron chi connectivity index (χ2n) is 7.55. The fourth-order valence-electron chi connectivity index (χ4n) is 3.50. The molecule has 1 aliphatic heterocycles. The molecule has 3 rings (SSSR count). The van der Waals surface area contributed by atoms with Crippen molar-refractivity contribution >= 4 is 39.3 Å². The molecule has 0 bridgehead atoms. The molecule has 1 aliphatic rings. The highest BCUT2D eigenvalue weighted by Gasteiger charge is 2.28. The number of hydrogen-bond acceptors (Lipinski definition) is 4. The molecule has 0 atom stereocenters. The van der Waals surface area contributed by atoms with Crippen LogP contribution in [0.4, 0.5) is 4.79 Å². The molecule has 1 fully saturated rings. The summed E-state index contributed by atoms with van der Waals surface area (Å²) in [4.78, 5) is 16.3. The Bertz CT molecular complexity index is 1120. The molecule has 32 heavy (non-hydrogen) atoms. The lowest BCUT2D eigenvalue weighted by Gasteiger charge is -2.36. The first-order valence-corrected chi connectivity index (χ1v) is 12.4. The summed E-state index contributed by atoms with van der Waals surface area (Å²) < 4.78 is 26.9. The predicted molar refractivity (Wildman–Crippen MR) is 124 cm³/mol. The van der Waals surface area contributed by atoms with E-state index in [0.29, 0.717) is 31.6 Å². The average molecular weight is 495 g/mol. The first-order chi connectivity index (χ1) is 15.2. The number of hydrogen-bond donors (Lipinski definition) is 0. The van der Waals surface area contributed by atoms with Gasteiger partial charge < -0.3 is 9.80 Å². The van der Waals surface area contributed by atoms with Gasteiger partial charge in [-0.2, -0.15) is 9.57 Å². The van der Waals surface area contributed by atoms with E-state index >= 15 is 0 Å². The highest BCUT2D eigenvalue weighted by Crippen LogP contribution is 2.30. The van der Waals surface area contributed by atoms with E-state index in [0.717, 1.165) is 12.0 Å². The third-order valence-corrected chi connectivity index (χ3v) is 8.27. The van der Waals surface area contributed by atoms with Crippen LogP contribution in [0.2, 0.25) is 10.0 Å². The Hall–Kier alpha value is -2.31. The maximum atomic E-state index is 12.9. The fraction of sp³-hybridized carbons (Fsp3) is 0.364. The molecule has 2 aromatic carbocycles. The first kappa shape index (κ1) is 24.3. The third kappa shape index (κ3) is 5.54. The van der Waals surface area contributed by atoms with E-state index in [2.05, 4.69) is 6.07 Å². The molecule has 0 spiro atoms. The minimum Gasteiger partial charge on any atom is -0.324 e. The van der Waals surface area contributed by atoms with Gasteiger partial charge in [-0.05, 0) is 42.7 Å². The van der Waals surface area contributed by atoms with Gasteiger partial charge in [0.2, 0.25) is 10.0 Å². The summed E-state index contributed by atoms with van der Waals surface area (Å²) in [5.74, 6) is 0. The molecule has 170 valence electrons. The predicted octanol–water partition coefficient (Wildman–Crippen LogP) is 3.86. The molecule has 0 unspecified atom stereocenters. The van der Waals surface area contributed by atoms with Crippen LogP contribution in [0.5, 0.6) is 0 Å². The number of nitrogens with zero attached hydrogens (tertiary/aromatic N) is 4. The Kier molecular flexibility index (Phi) is 8.01. The summed E-state index contributed by atoms with van der Waals surface area (Å²) in [5.41, 5.74) is 1.66. The number of nitriles is 1. The molecule has 2 amide bonds. The molecule has 2 aromatic rings. The molecule has 0 aromatic heterocycles. The smallest absolute Gasteiger partial charge is 0.320 e. The van der Waals surface area contributed by atoms with Gasteiger partial charge in [0.15, 0.2) is 0 Å². The maximum Gasteiger partial charge on any atom is 0.320 e. The van der Waals surface area contributed by atoms with Crippen LogP contribution in [-0.4, -0.2) is 68.3 Å². The molecule has 0 N–H and O–H groups in total. The number of likely N-dealkylation sites (N-methyl/N-ethyl adjacent to an activating group) is 1. The zero-order valence-electron chi connectivity index (χ0n) is 17.7. The van der Waals surface area contributed by atoms with Gasteiger partial charge in [0.25, 0.3) is 0 Å². The van der Waals surface area contributed by atoms with E-state index in [4.69, 9.17) is 28.5 Å². The van der Waals surface area contributed by atoms with Gasteiger partial charge in [-0.15, -0.1) is 0 Å². The van der Waals surface area contributed by atoms with Gasteiger partial charge in [-0.3, -0.25) is 0 Å². The topological polar surface area (TPSA) is 84.7 Å². The van der Waals surface area contributed by atoms with Crippen LogP contribution in [0, 0.1) is 11.3 Å². The summed E-state index contributed by atoms with van der Waals surface area (Å²) >= 11 is 12.1. The van der Waals surface area contributed by atoms with Crippen LogP contribution in [0.25, 0.3) is 0 Å². The van der Waals surface area contributed by atoms with E-state index in [1.54, 1.807) is 21.9 Å². The number of halogens is 2. The Morgan fingerprint density at radius 2 is 1.72 bits per heavy atom. The number of carbonyl (C=O) groups is 1. The second kappa shape index (κ2) is 10.5. The molecule has 10 heteroatoms. The molecule has 7 nitrogen and oxygen atoms in total. The van der Waals surface area contributed by atoms with E-state index in [-0.39, 0.29) is 34.1 Å². The molecule has 1 saturated heterocycles. The van der Waals surface area contributed by atoms with Crippen molar-refractivity contribution < 1.29 is 13.2 Å². The number of rotatable bonds is 8. The number of amides is 2. The lowest BCUT2D eigenvalue weighted by molar-refractivity contribution is 0.128. The van der Waals surface area contributed by atoms with Gasteiger partial charge in [0, 0.05) is 39.8 Å². The van der Waals surface area contributed by atoms with Gasteiger partial charge in [0.05, 0.1) is 21.7 Å². The van der Waals surface area contributed by atoms with Crippen molar-refractivity contribution in [2.45, 2.75) is 17.7 Å². The van der Waals surface area contributed by atoms with Crippen LogP contribution >= 0.6 is 23.2 Å². The molecule has 0 saturated carbocycles. The van der Waals surface area contributed by atoms with Crippen LogP contribution in [0.1, 0.15) is 17.5 Å². The van der Waals surface area contributed by atoms with E-state index in [1.165, 1.54) is 29.6 Å². The largest absolute Gasteiger partial charge is 0.324 e. The van der Waals surface area contributed by atoms with Crippen LogP contribution in [0.15, 0.2) is 47.4 Å². The minimum absolute atomic E-state index is 0.0101. The number of sulfonamides is 1. The van der Waals surface area contributed by atoms with Gasteiger partial charge in [-0.25, -0.2) is 13.2 Å². The SMILES string of the molecule is CN(CCN1CCCN(CCc2ccc(C#N)cc2)C1=O)S(=O)(=O)c1cccc(Cl)c1Cl. The first-order valence-electron chi connectivity index (χ1n) is 10.2. The van der Waals surface area contributed by atoms with Crippen molar-refractivity contribution in [2.24, 2.45) is 0 Å². The highest BCUT2D eigenvalue weighted by atomic mass is 35.5. The molecular weight excluding hydrogens is 471 g/mol. The van der Waals surface area contributed by atoms with Crippen LogP contribution in [-0.2, 0) is 16.4 Å². The van der Waals surface area contributed by atoms with Crippen molar-refractivity contribution in [3.63, 3.8) is 0 Å². The summed E-state index contributed by atoms with van der Waals surface area (Å²) in [7, 11) is -2.37. The van der Waals surface area contributed by atoms with E-state index in [9.17, 15) is 13.2 Å². The summed E-state index contributed by atoms with van der Waals surface area (Å²) in [6.07, 6.45) is 1.50. The Balaban J connectivity index is 1.58. The minimum atomic E-state index is -3.83. The lowest BCUT2D eigenvalue weighted by Crippen LogP contribution is -2.51. The quantitative estimate of drug-likeness (QED) is 0.557. The fourth-order valence-corrected chi connectivity index (χ4v) is 5.40. The summed E-state index contributed by atoms with van der Waals surface area (Å²) in [5, 5.41) is 9.06. The van der Waals surface area contributed by atoms with Gasteiger partial charge >= 0.3 is 6.03 Å². The normalized spacial score (nSPS) is 14.7. The van der Waals surface area contributed by atoms with E-state index in [1.807, 2.05) is 12.1 Å². The molecule has 0 radical (unpaired) electrons. The van der Waals surface area contributed by atoms with E-state index < -0.39 is 10.0 Å². The molecule has 0 aliphatic carbocycles. The number of urea groups is 1. The van der Waals surface area contributed by atoms with Crippen LogP contribution < -0.4 is 0 Å². The average Bonchev–Trinajstić information content (AvgIpc) is 2.79.